The lowest BCUT2D eigenvalue weighted by Crippen LogP contribution is -2.26. The largest absolute Gasteiger partial charge is 0.494 e. The van der Waals surface area contributed by atoms with Gasteiger partial charge in [0.25, 0.3) is 0 Å². The number of ether oxygens (including phenoxy) is 1. The van der Waals surface area contributed by atoms with Gasteiger partial charge in [-0.15, -0.1) is 0 Å². The minimum atomic E-state index is 0.693. The lowest BCUT2D eigenvalue weighted by atomic mass is 9.68. The number of nitriles is 1. The minimum Gasteiger partial charge on any atom is -0.494 e. The number of nitrogens with zero attached hydrogens (tertiary/aromatic N) is 1. The van der Waals surface area contributed by atoms with Gasteiger partial charge in [0, 0.05) is 0 Å². The molecule has 2 nitrogen and oxygen atoms in total. The summed E-state index contributed by atoms with van der Waals surface area (Å²) in [6, 6.07) is 9.60. The molecule has 0 aliphatic heterocycles. The topological polar surface area (TPSA) is 33.0 Å². The first kappa shape index (κ1) is 20.2. The van der Waals surface area contributed by atoms with Gasteiger partial charge in [-0.3, -0.25) is 0 Å². The molecule has 3 rings (SSSR count). The molecule has 2 aliphatic carbocycles. The van der Waals surface area contributed by atoms with E-state index in [1.807, 2.05) is 24.3 Å². The SMILES string of the molecule is CCC[C@H]1CC[C@H]([C@H]2CC[C@H](CCCOc3ccc(C#N)cc3)CC2)CC1. The van der Waals surface area contributed by atoms with E-state index < -0.39 is 0 Å². The molecule has 0 bridgehead atoms. The zero-order valence-electron chi connectivity index (χ0n) is 17.2. The first-order valence-corrected chi connectivity index (χ1v) is 11.4. The monoisotopic (exact) mass is 367 g/mol. The Kier molecular flexibility index (Phi) is 8.06. The molecule has 0 N–H and O–H groups in total. The van der Waals surface area contributed by atoms with Crippen molar-refractivity contribution in [3.63, 3.8) is 0 Å². The Hall–Kier alpha value is -1.49. The average molecular weight is 368 g/mol. The second-order valence-electron chi connectivity index (χ2n) is 8.98. The molecule has 0 unspecified atom stereocenters. The maximum atomic E-state index is 8.83. The van der Waals surface area contributed by atoms with E-state index in [2.05, 4.69) is 13.0 Å². The molecular formula is C25H37NO. The number of rotatable bonds is 8. The zero-order valence-corrected chi connectivity index (χ0v) is 17.2. The van der Waals surface area contributed by atoms with E-state index in [9.17, 15) is 0 Å². The molecule has 0 aromatic heterocycles. The van der Waals surface area contributed by atoms with Crippen LogP contribution in [0.3, 0.4) is 0 Å². The summed E-state index contributed by atoms with van der Waals surface area (Å²) in [7, 11) is 0. The van der Waals surface area contributed by atoms with E-state index in [0.29, 0.717) is 5.56 Å². The van der Waals surface area contributed by atoms with Crippen LogP contribution < -0.4 is 4.74 Å². The molecule has 0 saturated heterocycles. The van der Waals surface area contributed by atoms with Crippen molar-refractivity contribution in [1.82, 2.24) is 0 Å². The molecular weight excluding hydrogens is 330 g/mol. The summed E-state index contributed by atoms with van der Waals surface area (Å²) in [6.07, 6.45) is 17.2. The van der Waals surface area contributed by atoms with Crippen LogP contribution in [-0.2, 0) is 0 Å². The van der Waals surface area contributed by atoms with Crippen LogP contribution in [0, 0.1) is 35.0 Å². The molecule has 0 atom stereocenters. The molecule has 148 valence electrons. The summed E-state index contributed by atoms with van der Waals surface area (Å²) in [4.78, 5) is 0. The fraction of sp³-hybridized carbons (Fsp3) is 0.720. The predicted octanol–water partition coefficient (Wildman–Crippen LogP) is 7.13. The number of hydrogen-bond donors (Lipinski definition) is 0. The maximum absolute atomic E-state index is 8.83. The summed E-state index contributed by atoms with van der Waals surface area (Å²) < 4.78 is 5.83. The zero-order chi connectivity index (χ0) is 18.9. The van der Waals surface area contributed by atoms with Crippen molar-refractivity contribution >= 4 is 0 Å². The Balaban J connectivity index is 1.28. The van der Waals surface area contributed by atoms with Crippen molar-refractivity contribution < 1.29 is 4.74 Å². The van der Waals surface area contributed by atoms with Gasteiger partial charge in [-0.05, 0) is 86.5 Å². The molecule has 27 heavy (non-hydrogen) atoms. The molecule has 2 saturated carbocycles. The highest BCUT2D eigenvalue weighted by molar-refractivity contribution is 5.34. The summed E-state index contributed by atoms with van der Waals surface area (Å²) in [6.45, 7) is 3.13. The van der Waals surface area contributed by atoms with Gasteiger partial charge in [-0.25, -0.2) is 0 Å². The molecule has 0 heterocycles. The Labute approximate surface area is 166 Å². The molecule has 1 aromatic rings. The lowest BCUT2D eigenvalue weighted by Gasteiger charge is -2.38. The summed E-state index contributed by atoms with van der Waals surface area (Å²) >= 11 is 0. The van der Waals surface area contributed by atoms with Crippen LogP contribution in [0.5, 0.6) is 5.75 Å². The van der Waals surface area contributed by atoms with Crippen molar-refractivity contribution in [3.05, 3.63) is 29.8 Å². The normalized spacial score (nSPS) is 28.4. The van der Waals surface area contributed by atoms with Crippen molar-refractivity contribution in [2.45, 2.75) is 84.0 Å². The van der Waals surface area contributed by atoms with Crippen LogP contribution in [0.4, 0.5) is 0 Å². The third-order valence-corrected chi connectivity index (χ3v) is 7.16. The van der Waals surface area contributed by atoms with Crippen LogP contribution in [-0.4, -0.2) is 6.61 Å². The van der Waals surface area contributed by atoms with Crippen molar-refractivity contribution in [2.24, 2.45) is 23.7 Å². The van der Waals surface area contributed by atoms with Gasteiger partial charge in [0.05, 0.1) is 18.2 Å². The van der Waals surface area contributed by atoms with E-state index in [4.69, 9.17) is 10.00 Å². The van der Waals surface area contributed by atoms with E-state index in [0.717, 1.165) is 42.4 Å². The second-order valence-corrected chi connectivity index (χ2v) is 8.98. The quantitative estimate of drug-likeness (QED) is 0.458. The highest BCUT2D eigenvalue weighted by Gasteiger charge is 2.30. The molecule has 1 aromatic carbocycles. The maximum Gasteiger partial charge on any atom is 0.119 e. The van der Waals surface area contributed by atoms with Gasteiger partial charge in [0.15, 0.2) is 0 Å². The van der Waals surface area contributed by atoms with Crippen LogP contribution in [0.1, 0.15) is 89.5 Å². The molecule has 0 amide bonds. The Morgan fingerprint density at radius 2 is 1.41 bits per heavy atom. The second kappa shape index (κ2) is 10.7. The van der Waals surface area contributed by atoms with Gasteiger partial charge in [0.2, 0.25) is 0 Å². The Morgan fingerprint density at radius 1 is 0.852 bits per heavy atom. The fourth-order valence-electron chi connectivity index (χ4n) is 5.49. The first-order valence-electron chi connectivity index (χ1n) is 11.4. The van der Waals surface area contributed by atoms with Crippen molar-refractivity contribution in [2.75, 3.05) is 6.61 Å². The number of benzene rings is 1. The highest BCUT2D eigenvalue weighted by Crippen LogP contribution is 2.42. The van der Waals surface area contributed by atoms with Crippen LogP contribution in [0.2, 0.25) is 0 Å². The van der Waals surface area contributed by atoms with Gasteiger partial charge in [0.1, 0.15) is 5.75 Å². The average Bonchev–Trinajstić information content (AvgIpc) is 2.73. The Morgan fingerprint density at radius 3 is 1.93 bits per heavy atom. The van der Waals surface area contributed by atoms with E-state index >= 15 is 0 Å². The van der Waals surface area contributed by atoms with Gasteiger partial charge < -0.3 is 4.74 Å². The third kappa shape index (κ3) is 6.27. The van der Waals surface area contributed by atoms with Crippen LogP contribution >= 0.6 is 0 Å². The molecule has 2 heteroatoms. The summed E-state index contributed by atoms with van der Waals surface area (Å²) in [5, 5.41) is 8.83. The third-order valence-electron chi connectivity index (χ3n) is 7.16. The van der Waals surface area contributed by atoms with E-state index in [1.54, 1.807) is 0 Å². The summed E-state index contributed by atoms with van der Waals surface area (Å²) in [5.41, 5.74) is 0.693. The lowest BCUT2D eigenvalue weighted by molar-refractivity contribution is 0.138. The van der Waals surface area contributed by atoms with Gasteiger partial charge in [-0.1, -0.05) is 45.4 Å². The van der Waals surface area contributed by atoms with Crippen molar-refractivity contribution in [3.8, 4) is 11.8 Å². The number of hydrogen-bond acceptors (Lipinski definition) is 2. The molecule has 0 spiro atoms. The molecule has 2 fully saturated rings. The van der Waals surface area contributed by atoms with Crippen LogP contribution in [0.25, 0.3) is 0 Å². The molecule has 2 aliphatic rings. The predicted molar refractivity (Wildman–Crippen MR) is 112 cm³/mol. The van der Waals surface area contributed by atoms with E-state index in [1.165, 1.54) is 70.6 Å². The smallest absolute Gasteiger partial charge is 0.119 e. The van der Waals surface area contributed by atoms with Gasteiger partial charge in [-0.2, -0.15) is 5.26 Å². The summed E-state index contributed by atoms with van der Waals surface area (Å²) in [5.74, 6) is 4.91. The van der Waals surface area contributed by atoms with Crippen LogP contribution in [0.15, 0.2) is 24.3 Å². The standard InChI is InChI=1S/C25H37NO/c1-2-4-20-6-12-23(13-7-20)24-14-8-21(9-15-24)5-3-18-27-25-16-10-22(19-26)11-17-25/h10-11,16-17,20-21,23-24H,2-9,12-15,18H2,1H3/t20-,21-,23-,24-. The van der Waals surface area contributed by atoms with Gasteiger partial charge >= 0.3 is 0 Å². The first-order chi connectivity index (χ1) is 13.3. The van der Waals surface area contributed by atoms with E-state index in [-0.39, 0.29) is 0 Å². The highest BCUT2D eigenvalue weighted by atomic mass is 16.5. The molecule has 0 radical (unpaired) electrons. The fourth-order valence-corrected chi connectivity index (χ4v) is 5.49. The minimum absolute atomic E-state index is 0.693. The Bertz CT molecular complexity index is 571. The van der Waals surface area contributed by atoms with Crippen molar-refractivity contribution in [1.29, 1.82) is 5.26 Å².